The predicted molar refractivity (Wildman–Crippen MR) is 85.4 cm³/mol. The lowest BCUT2D eigenvalue weighted by atomic mass is 9.92. The number of amides is 1. The van der Waals surface area contributed by atoms with E-state index in [0.717, 1.165) is 24.8 Å². The molecule has 2 unspecified atom stereocenters. The van der Waals surface area contributed by atoms with E-state index in [1.165, 1.54) is 7.11 Å². The summed E-state index contributed by atoms with van der Waals surface area (Å²) >= 11 is 5.89. The summed E-state index contributed by atoms with van der Waals surface area (Å²) in [6.07, 6.45) is 6.73. The quantitative estimate of drug-likeness (QED) is 0.668. The first-order chi connectivity index (χ1) is 10.6. The fraction of sp³-hybridized carbons (Fsp3) is 0.412. The molecule has 22 heavy (non-hydrogen) atoms. The second kappa shape index (κ2) is 7.99. The maximum absolute atomic E-state index is 12.4. The van der Waals surface area contributed by atoms with Crippen molar-refractivity contribution in [1.29, 1.82) is 0 Å². The number of benzene rings is 1. The highest BCUT2D eigenvalue weighted by Crippen LogP contribution is 2.23. The molecule has 2 atom stereocenters. The normalized spacial score (nSPS) is 18.5. The van der Waals surface area contributed by atoms with Crippen LogP contribution < -0.4 is 5.32 Å². The zero-order chi connectivity index (χ0) is 15.9. The van der Waals surface area contributed by atoms with Crippen LogP contribution >= 0.6 is 11.6 Å². The predicted octanol–water partition coefficient (Wildman–Crippen LogP) is 3.42. The van der Waals surface area contributed by atoms with Gasteiger partial charge in [0.05, 0.1) is 19.6 Å². The summed E-state index contributed by atoms with van der Waals surface area (Å²) < 4.78 is 4.73. The van der Waals surface area contributed by atoms with E-state index in [-0.39, 0.29) is 24.2 Å². The van der Waals surface area contributed by atoms with Gasteiger partial charge >= 0.3 is 5.97 Å². The number of esters is 1. The number of carbonyl (C=O) groups excluding carboxylic acids is 2. The van der Waals surface area contributed by atoms with Crippen LogP contribution in [0.3, 0.4) is 0 Å². The number of ether oxygens (including phenoxy) is 1. The van der Waals surface area contributed by atoms with Crippen LogP contribution in [0.2, 0.25) is 5.02 Å². The van der Waals surface area contributed by atoms with Gasteiger partial charge < -0.3 is 10.1 Å². The van der Waals surface area contributed by atoms with Crippen LogP contribution in [0.5, 0.6) is 0 Å². The first-order valence-electron chi connectivity index (χ1n) is 7.38. The SMILES string of the molecule is COC(=O)CC(NC(=O)C1CC=CCC1)c1ccc(Cl)cc1. The number of nitrogens with one attached hydrogen (secondary N) is 1. The molecule has 1 aliphatic carbocycles. The standard InChI is InChI=1S/C17H20ClNO3/c1-22-16(20)11-15(12-7-9-14(18)10-8-12)19-17(21)13-5-3-2-4-6-13/h2-3,7-10,13,15H,4-6,11H2,1H3,(H,19,21). The molecule has 2 rings (SSSR count). The third kappa shape index (κ3) is 4.60. The van der Waals surface area contributed by atoms with Crippen LogP contribution in [0.15, 0.2) is 36.4 Å². The molecule has 0 aromatic heterocycles. The molecule has 0 radical (unpaired) electrons. The highest BCUT2D eigenvalue weighted by atomic mass is 35.5. The van der Waals surface area contributed by atoms with Crippen molar-refractivity contribution in [2.24, 2.45) is 5.92 Å². The van der Waals surface area contributed by atoms with E-state index in [9.17, 15) is 9.59 Å². The number of hydrogen-bond donors (Lipinski definition) is 1. The topological polar surface area (TPSA) is 55.4 Å². The Kier molecular flexibility index (Phi) is 6.01. The molecule has 0 aliphatic heterocycles. The number of hydrogen-bond acceptors (Lipinski definition) is 3. The van der Waals surface area contributed by atoms with Crippen molar-refractivity contribution in [1.82, 2.24) is 5.32 Å². The Morgan fingerprint density at radius 1 is 1.32 bits per heavy atom. The number of carbonyl (C=O) groups is 2. The van der Waals surface area contributed by atoms with Gasteiger partial charge in [0, 0.05) is 10.9 Å². The molecule has 0 spiro atoms. The molecule has 1 aromatic rings. The molecule has 0 bridgehead atoms. The largest absolute Gasteiger partial charge is 0.469 e. The van der Waals surface area contributed by atoms with Gasteiger partial charge in [-0.3, -0.25) is 9.59 Å². The van der Waals surface area contributed by atoms with Crippen molar-refractivity contribution in [2.75, 3.05) is 7.11 Å². The summed E-state index contributed by atoms with van der Waals surface area (Å²) in [6.45, 7) is 0. The van der Waals surface area contributed by atoms with Crippen LogP contribution in [0.4, 0.5) is 0 Å². The van der Waals surface area contributed by atoms with E-state index >= 15 is 0 Å². The van der Waals surface area contributed by atoms with Crippen LogP contribution in [0.1, 0.15) is 37.3 Å². The van der Waals surface area contributed by atoms with Gasteiger partial charge in [0.25, 0.3) is 0 Å². The highest BCUT2D eigenvalue weighted by molar-refractivity contribution is 6.30. The van der Waals surface area contributed by atoms with Crippen LogP contribution in [-0.2, 0) is 14.3 Å². The van der Waals surface area contributed by atoms with E-state index < -0.39 is 6.04 Å². The minimum Gasteiger partial charge on any atom is -0.469 e. The summed E-state index contributed by atoms with van der Waals surface area (Å²) in [5, 5.41) is 3.59. The highest BCUT2D eigenvalue weighted by Gasteiger charge is 2.24. The van der Waals surface area contributed by atoms with Crippen molar-refractivity contribution < 1.29 is 14.3 Å². The molecule has 4 nitrogen and oxygen atoms in total. The van der Waals surface area contributed by atoms with Crippen LogP contribution in [-0.4, -0.2) is 19.0 Å². The zero-order valence-electron chi connectivity index (χ0n) is 12.5. The maximum atomic E-state index is 12.4. The minimum atomic E-state index is -0.400. The van der Waals surface area contributed by atoms with Crippen molar-refractivity contribution in [2.45, 2.75) is 31.7 Å². The second-order valence-corrected chi connectivity index (χ2v) is 5.81. The first-order valence-corrected chi connectivity index (χ1v) is 7.75. The monoisotopic (exact) mass is 321 g/mol. The Labute approximate surface area is 135 Å². The van der Waals surface area contributed by atoms with Gasteiger partial charge in [0.2, 0.25) is 5.91 Å². The molecule has 1 aromatic carbocycles. The Bertz CT molecular complexity index is 554. The third-order valence-corrected chi connectivity index (χ3v) is 4.08. The smallest absolute Gasteiger partial charge is 0.307 e. The Morgan fingerprint density at radius 2 is 2.05 bits per heavy atom. The Hall–Kier alpha value is -1.81. The van der Waals surface area contributed by atoms with E-state index in [1.807, 2.05) is 18.2 Å². The Balaban J connectivity index is 2.09. The maximum Gasteiger partial charge on any atom is 0.307 e. The van der Waals surface area contributed by atoms with Crippen molar-refractivity contribution >= 4 is 23.5 Å². The van der Waals surface area contributed by atoms with E-state index in [0.29, 0.717) is 5.02 Å². The summed E-state index contributed by atoms with van der Waals surface area (Å²) in [7, 11) is 1.34. The van der Waals surface area contributed by atoms with E-state index in [2.05, 4.69) is 11.4 Å². The molecule has 1 aliphatic rings. The molecule has 0 saturated heterocycles. The molecule has 1 N–H and O–H groups in total. The molecule has 1 amide bonds. The second-order valence-electron chi connectivity index (χ2n) is 5.37. The number of rotatable bonds is 5. The molecule has 5 heteroatoms. The number of halogens is 1. The Morgan fingerprint density at radius 3 is 2.64 bits per heavy atom. The van der Waals surface area contributed by atoms with E-state index in [4.69, 9.17) is 16.3 Å². The van der Waals surface area contributed by atoms with Crippen LogP contribution in [0.25, 0.3) is 0 Å². The third-order valence-electron chi connectivity index (χ3n) is 3.83. The molecule has 0 saturated carbocycles. The van der Waals surface area contributed by atoms with Crippen molar-refractivity contribution in [3.63, 3.8) is 0 Å². The lowest BCUT2D eigenvalue weighted by Gasteiger charge is -2.23. The van der Waals surface area contributed by atoms with Gasteiger partial charge in [-0.1, -0.05) is 35.9 Å². The van der Waals surface area contributed by atoms with Gasteiger partial charge in [0.15, 0.2) is 0 Å². The fourth-order valence-corrected chi connectivity index (χ4v) is 2.64. The molecule has 0 heterocycles. The number of methoxy groups -OCH3 is 1. The molecular weight excluding hydrogens is 302 g/mol. The van der Waals surface area contributed by atoms with Crippen molar-refractivity contribution in [3.05, 3.63) is 47.0 Å². The first kappa shape index (κ1) is 16.6. The summed E-state index contributed by atoms with van der Waals surface area (Å²) in [6, 6.07) is 6.73. The van der Waals surface area contributed by atoms with Gasteiger partial charge in [-0.15, -0.1) is 0 Å². The average molecular weight is 322 g/mol. The number of allylic oxidation sites excluding steroid dienone is 2. The van der Waals surface area contributed by atoms with Crippen LogP contribution in [0, 0.1) is 5.92 Å². The van der Waals surface area contributed by atoms with Gasteiger partial charge in [-0.05, 0) is 37.0 Å². The van der Waals surface area contributed by atoms with Gasteiger partial charge in [-0.25, -0.2) is 0 Å². The molecule has 118 valence electrons. The summed E-state index contributed by atoms with van der Waals surface area (Å²) in [4.78, 5) is 24.0. The molecular formula is C17H20ClNO3. The summed E-state index contributed by atoms with van der Waals surface area (Å²) in [5.74, 6) is -0.408. The zero-order valence-corrected chi connectivity index (χ0v) is 13.3. The van der Waals surface area contributed by atoms with Gasteiger partial charge in [-0.2, -0.15) is 0 Å². The van der Waals surface area contributed by atoms with Gasteiger partial charge in [0.1, 0.15) is 0 Å². The van der Waals surface area contributed by atoms with E-state index in [1.54, 1.807) is 12.1 Å². The lowest BCUT2D eigenvalue weighted by Crippen LogP contribution is -2.35. The summed E-state index contributed by atoms with van der Waals surface area (Å²) in [5.41, 5.74) is 0.842. The minimum absolute atomic E-state index is 0.0202. The fourth-order valence-electron chi connectivity index (χ4n) is 2.52. The average Bonchev–Trinajstić information content (AvgIpc) is 2.55. The molecule has 0 fully saturated rings. The van der Waals surface area contributed by atoms with Crippen molar-refractivity contribution in [3.8, 4) is 0 Å². The lowest BCUT2D eigenvalue weighted by molar-refractivity contribution is -0.141.